The Bertz CT molecular complexity index is 842. The fraction of sp³-hybridized carbons (Fsp3) is 0.0667. The Morgan fingerprint density at radius 1 is 1.19 bits per heavy atom. The SMILES string of the molecule is Cc1nc2ccc(Br)cn2c1C(=O)Nc1cccc(Br)c1. The van der Waals surface area contributed by atoms with Crippen molar-refractivity contribution in [1.29, 1.82) is 0 Å². The summed E-state index contributed by atoms with van der Waals surface area (Å²) < 4.78 is 3.59. The van der Waals surface area contributed by atoms with Gasteiger partial charge in [-0.25, -0.2) is 4.98 Å². The van der Waals surface area contributed by atoms with Crippen LogP contribution in [-0.4, -0.2) is 15.3 Å². The number of pyridine rings is 1. The molecule has 0 saturated heterocycles. The molecule has 0 saturated carbocycles. The number of carbonyl (C=O) groups is 1. The molecule has 1 aromatic carbocycles. The molecule has 4 nitrogen and oxygen atoms in total. The van der Waals surface area contributed by atoms with E-state index in [0.29, 0.717) is 11.4 Å². The summed E-state index contributed by atoms with van der Waals surface area (Å²) in [6, 6.07) is 11.2. The van der Waals surface area contributed by atoms with E-state index < -0.39 is 0 Å². The predicted molar refractivity (Wildman–Crippen MR) is 89.7 cm³/mol. The first-order valence-electron chi connectivity index (χ1n) is 6.26. The van der Waals surface area contributed by atoms with Crippen molar-refractivity contribution in [3.05, 3.63) is 62.9 Å². The van der Waals surface area contributed by atoms with E-state index in [4.69, 9.17) is 0 Å². The summed E-state index contributed by atoms with van der Waals surface area (Å²) in [5, 5.41) is 2.89. The maximum absolute atomic E-state index is 12.5. The predicted octanol–water partition coefficient (Wildman–Crippen LogP) is 4.42. The van der Waals surface area contributed by atoms with Gasteiger partial charge in [0.25, 0.3) is 5.91 Å². The standard InChI is InChI=1S/C15H11Br2N3O/c1-9-14(20-8-11(17)5-6-13(20)18-9)15(21)19-12-4-2-3-10(16)7-12/h2-8H,1H3,(H,19,21). The zero-order chi connectivity index (χ0) is 15.0. The van der Waals surface area contributed by atoms with E-state index in [1.54, 1.807) is 4.40 Å². The van der Waals surface area contributed by atoms with E-state index in [-0.39, 0.29) is 5.91 Å². The number of carbonyl (C=O) groups excluding carboxylic acids is 1. The number of aromatic nitrogens is 2. The van der Waals surface area contributed by atoms with E-state index in [1.807, 2.05) is 49.5 Å². The highest BCUT2D eigenvalue weighted by Gasteiger charge is 2.16. The molecule has 1 N–H and O–H groups in total. The molecule has 2 heterocycles. The molecule has 0 spiro atoms. The molecule has 1 amide bonds. The summed E-state index contributed by atoms with van der Waals surface area (Å²) in [6.07, 6.45) is 1.84. The number of anilines is 1. The van der Waals surface area contributed by atoms with E-state index in [9.17, 15) is 4.79 Å². The second-order valence-electron chi connectivity index (χ2n) is 4.59. The Kier molecular flexibility index (Phi) is 3.82. The molecule has 3 aromatic rings. The van der Waals surface area contributed by atoms with Crippen molar-refractivity contribution >= 4 is 49.1 Å². The molecule has 106 valence electrons. The number of hydrogen-bond donors (Lipinski definition) is 1. The Morgan fingerprint density at radius 2 is 2.00 bits per heavy atom. The maximum atomic E-state index is 12.5. The monoisotopic (exact) mass is 407 g/mol. The Labute approximate surface area is 138 Å². The molecule has 0 aliphatic carbocycles. The molecule has 6 heteroatoms. The lowest BCUT2D eigenvalue weighted by Crippen LogP contribution is -2.15. The number of nitrogens with one attached hydrogen (secondary N) is 1. The van der Waals surface area contributed by atoms with Gasteiger partial charge in [0.05, 0.1) is 5.69 Å². The Morgan fingerprint density at radius 3 is 2.76 bits per heavy atom. The normalized spacial score (nSPS) is 10.8. The van der Waals surface area contributed by atoms with Crippen LogP contribution in [0.1, 0.15) is 16.2 Å². The number of rotatable bonds is 2. The van der Waals surface area contributed by atoms with Gasteiger partial charge >= 0.3 is 0 Å². The number of benzene rings is 1. The summed E-state index contributed by atoms with van der Waals surface area (Å²) in [4.78, 5) is 16.9. The first kappa shape index (κ1) is 14.3. The summed E-state index contributed by atoms with van der Waals surface area (Å²) >= 11 is 6.80. The topological polar surface area (TPSA) is 46.4 Å². The first-order valence-corrected chi connectivity index (χ1v) is 7.84. The van der Waals surface area contributed by atoms with Crippen molar-refractivity contribution in [3.63, 3.8) is 0 Å². The van der Waals surface area contributed by atoms with Crippen LogP contribution in [0.2, 0.25) is 0 Å². The minimum Gasteiger partial charge on any atom is -0.321 e. The van der Waals surface area contributed by atoms with Crippen molar-refractivity contribution < 1.29 is 4.79 Å². The van der Waals surface area contributed by atoms with Crippen molar-refractivity contribution in [2.24, 2.45) is 0 Å². The van der Waals surface area contributed by atoms with Crippen LogP contribution in [0.3, 0.4) is 0 Å². The Hall–Kier alpha value is -1.66. The summed E-state index contributed by atoms with van der Waals surface area (Å²) in [7, 11) is 0. The molecule has 0 bridgehead atoms. The van der Waals surface area contributed by atoms with Crippen LogP contribution >= 0.6 is 31.9 Å². The number of hydrogen-bond acceptors (Lipinski definition) is 2. The van der Waals surface area contributed by atoms with Crippen LogP contribution in [0.5, 0.6) is 0 Å². The summed E-state index contributed by atoms with van der Waals surface area (Å²) in [6.45, 7) is 1.83. The Balaban J connectivity index is 2.01. The van der Waals surface area contributed by atoms with Gasteiger partial charge in [0.1, 0.15) is 11.3 Å². The number of halogens is 2. The molecule has 0 aliphatic heterocycles. The minimum absolute atomic E-state index is 0.184. The van der Waals surface area contributed by atoms with Gasteiger partial charge in [-0.1, -0.05) is 22.0 Å². The van der Waals surface area contributed by atoms with Crippen molar-refractivity contribution in [3.8, 4) is 0 Å². The van der Waals surface area contributed by atoms with Gasteiger partial charge in [0, 0.05) is 20.8 Å². The lowest BCUT2D eigenvalue weighted by Gasteiger charge is -2.06. The third-order valence-corrected chi connectivity index (χ3v) is 4.02. The molecule has 2 aromatic heterocycles. The molecule has 0 fully saturated rings. The zero-order valence-electron chi connectivity index (χ0n) is 11.1. The second-order valence-corrected chi connectivity index (χ2v) is 6.42. The van der Waals surface area contributed by atoms with Crippen LogP contribution in [-0.2, 0) is 0 Å². The molecule has 21 heavy (non-hydrogen) atoms. The molecule has 3 rings (SSSR count). The molecular formula is C15H11Br2N3O. The maximum Gasteiger partial charge on any atom is 0.274 e. The fourth-order valence-electron chi connectivity index (χ4n) is 2.17. The van der Waals surface area contributed by atoms with E-state index in [0.717, 1.165) is 20.3 Å². The average molecular weight is 409 g/mol. The van der Waals surface area contributed by atoms with Gasteiger partial charge in [-0.15, -0.1) is 0 Å². The number of amides is 1. The van der Waals surface area contributed by atoms with E-state index in [2.05, 4.69) is 42.2 Å². The van der Waals surface area contributed by atoms with Crippen molar-refractivity contribution in [1.82, 2.24) is 9.38 Å². The van der Waals surface area contributed by atoms with E-state index >= 15 is 0 Å². The van der Waals surface area contributed by atoms with Crippen LogP contribution in [0.15, 0.2) is 51.5 Å². The number of fused-ring (bicyclic) bond motifs is 1. The summed E-state index contributed by atoms with van der Waals surface area (Å²) in [5.41, 5.74) is 2.71. The highest BCUT2D eigenvalue weighted by molar-refractivity contribution is 9.10. The van der Waals surface area contributed by atoms with Crippen molar-refractivity contribution in [2.45, 2.75) is 6.92 Å². The number of aryl methyl sites for hydroxylation is 1. The minimum atomic E-state index is -0.184. The van der Waals surface area contributed by atoms with Gasteiger partial charge in [0.2, 0.25) is 0 Å². The van der Waals surface area contributed by atoms with Crippen LogP contribution in [0.4, 0.5) is 5.69 Å². The molecule has 0 atom stereocenters. The highest BCUT2D eigenvalue weighted by Crippen LogP contribution is 2.20. The van der Waals surface area contributed by atoms with Crippen LogP contribution in [0, 0.1) is 6.92 Å². The quantitative estimate of drug-likeness (QED) is 0.682. The van der Waals surface area contributed by atoms with Gasteiger partial charge in [-0.2, -0.15) is 0 Å². The van der Waals surface area contributed by atoms with E-state index in [1.165, 1.54) is 0 Å². The third kappa shape index (κ3) is 2.87. The first-order chi connectivity index (χ1) is 10.0. The fourth-order valence-corrected chi connectivity index (χ4v) is 2.90. The van der Waals surface area contributed by atoms with Gasteiger partial charge < -0.3 is 5.32 Å². The summed E-state index contributed by atoms with van der Waals surface area (Å²) in [5.74, 6) is -0.184. The third-order valence-electron chi connectivity index (χ3n) is 3.05. The molecule has 0 radical (unpaired) electrons. The zero-order valence-corrected chi connectivity index (χ0v) is 14.3. The average Bonchev–Trinajstić information content (AvgIpc) is 2.74. The molecular weight excluding hydrogens is 398 g/mol. The number of nitrogens with zero attached hydrogens (tertiary/aromatic N) is 2. The lowest BCUT2D eigenvalue weighted by atomic mass is 10.3. The van der Waals surface area contributed by atoms with Crippen molar-refractivity contribution in [2.75, 3.05) is 5.32 Å². The highest BCUT2D eigenvalue weighted by atomic mass is 79.9. The van der Waals surface area contributed by atoms with Gasteiger partial charge in [0.15, 0.2) is 0 Å². The smallest absolute Gasteiger partial charge is 0.274 e. The number of imidazole rings is 1. The van der Waals surface area contributed by atoms with Gasteiger partial charge in [-0.3, -0.25) is 9.20 Å². The van der Waals surface area contributed by atoms with Crippen LogP contribution in [0.25, 0.3) is 5.65 Å². The van der Waals surface area contributed by atoms with Crippen LogP contribution < -0.4 is 5.32 Å². The second kappa shape index (κ2) is 5.61. The lowest BCUT2D eigenvalue weighted by molar-refractivity contribution is 0.102. The largest absolute Gasteiger partial charge is 0.321 e. The molecule has 0 unspecified atom stereocenters. The molecule has 0 aliphatic rings. The van der Waals surface area contributed by atoms with Gasteiger partial charge in [-0.05, 0) is 53.2 Å².